The average Bonchev–Trinajstić information content (AvgIpc) is 2.67. The van der Waals surface area contributed by atoms with E-state index in [1.807, 2.05) is 0 Å². The fourth-order valence-corrected chi connectivity index (χ4v) is 4.29. The summed E-state index contributed by atoms with van der Waals surface area (Å²) in [5, 5.41) is 5.13. The average molecular weight is 500 g/mol. The molecule has 20 heavy (non-hydrogen) atoms. The molecule has 0 spiro atoms. The van der Waals surface area contributed by atoms with Gasteiger partial charge in [-0.25, -0.2) is 0 Å². The van der Waals surface area contributed by atoms with E-state index >= 15 is 0 Å². The van der Waals surface area contributed by atoms with Crippen LogP contribution in [0.1, 0.15) is 41.0 Å². The SMILES string of the molecule is CC([SiH](C)C)C(C)([N-]C1=CC=CC1)C(C)(C)C.[Cl-].[Cl-].[Hf]. The molecule has 1 nitrogen and oxygen atoms in total. The molecule has 1 aliphatic rings. The van der Waals surface area contributed by atoms with Crippen LogP contribution in [0.25, 0.3) is 5.32 Å². The van der Waals surface area contributed by atoms with Crippen molar-refractivity contribution < 1.29 is 50.7 Å². The predicted octanol–water partition coefficient (Wildman–Crippen LogP) is -1.11. The number of halogens is 2. The minimum absolute atomic E-state index is 0. The van der Waals surface area contributed by atoms with Crippen LogP contribution in [0.5, 0.6) is 0 Å². The van der Waals surface area contributed by atoms with Gasteiger partial charge in [0.05, 0.1) is 0 Å². The largest absolute Gasteiger partial charge is 1.00 e. The van der Waals surface area contributed by atoms with Crippen LogP contribution in [0.4, 0.5) is 0 Å². The molecule has 0 N–H and O–H groups in total. The van der Waals surface area contributed by atoms with Gasteiger partial charge in [0.25, 0.3) is 0 Å². The van der Waals surface area contributed by atoms with E-state index in [1.165, 1.54) is 5.70 Å². The summed E-state index contributed by atoms with van der Waals surface area (Å²) in [5.74, 6) is 0. The Morgan fingerprint density at radius 3 is 1.95 bits per heavy atom. The summed E-state index contributed by atoms with van der Waals surface area (Å²) >= 11 is 0. The van der Waals surface area contributed by atoms with E-state index in [0.717, 1.165) is 6.42 Å². The Morgan fingerprint density at radius 1 is 1.15 bits per heavy atom. The van der Waals surface area contributed by atoms with Crippen molar-refractivity contribution in [3.8, 4) is 0 Å². The van der Waals surface area contributed by atoms with E-state index in [-0.39, 0.29) is 61.6 Å². The van der Waals surface area contributed by atoms with Crippen LogP contribution >= 0.6 is 0 Å². The molecule has 0 amide bonds. The zero-order valence-corrected chi connectivity index (χ0v) is 20.1. The molecule has 2 atom stereocenters. The van der Waals surface area contributed by atoms with Crippen LogP contribution in [-0.4, -0.2) is 14.3 Å². The molecule has 0 aromatic rings. The van der Waals surface area contributed by atoms with Gasteiger partial charge in [-0.3, -0.25) is 0 Å². The van der Waals surface area contributed by atoms with Crippen molar-refractivity contribution in [2.75, 3.05) is 0 Å². The topological polar surface area (TPSA) is 14.1 Å². The summed E-state index contributed by atoms with van der Waals surface area (Å²) in [6.07, 6.45) is 7.50. The van der Waals surface area contributed by atoms with E-state index < -0.39 is 8.80 Å². The standard InChI is InChI=1S/C15H28NSi.2ClH.Hf/c1-12(17(6)7)15(5,14(2,3)4)16-13-10-8-9-11-13;;;/h8-10,12,17H,11H2,1-7H3;2*1H;/q-1;;;/p-2. The normalized spacial score (nSPS) is 18.1. The first kappa shape index (κ1) is 25.9. The van der Waals surface area contributed by atoms with Crippen molar-refractivity contribution in [3.63, 3.8) is 0 Å². The van der Waals surface area contributed by atoms with E-state index in [4.69, 9.17) is 5.32 Å². The monoisotopic (exact) mass is 500 g/mol. The second-order valence-corrected chi connectivity index (χ2v) is 10.3. The van der Waals surface area contributed by atoms with Crippen LogP contribution in [0.3, 0.4) is 0 Å². The molecule has 0 fully saturated rings. The Balaban J connectivity index is -0.000000963. The Kier molecular flexibility index (Phi) is 12.8. The van der Waals surface area contributed by atoms with Crippen LogP contribution in [0.15, 0.2) is 23.9 Å². The van der Waals surface area contributed by atoms with Gasteiger partial charge in [0.1, 0.15) is 0 Å². The van der Waals surface area contributed by atoms with Crippen molar-refractivity contribution >= 4 is 8.80 Å². The molecule has 1 aliphatic carbocycles. The molecule has 0 saturated carbocycles. The second kappa shape index (κ2) is 9.86. The van der Waals surface area contributed by atoms with E-state index in [2.05, 4.69) is 65.9 Å². The maximum atomic E-state index is 5.13. The molecule has 0 bridgehead atoms. The molecule has 0 aromatic heterocycles. The van der Waals surface area contributed by atoms with Crippen LogP contribution in [0, 0.1) is 5.41 Å². The van der Waals surface area contributed by atoms with E-state index in [9.17, 15) is 0 Å². The minimum Gasteiger partial charge on any atom is -1.00 e. The number of rotatable bonds is 4. The van der Waals surface area contributed by atoms with Crippen molar-refractivity contribution in [2.45, 2.75) is 65.2 Å². The molecule has 0 aromatic carbocycles. The third kappa shape index (κ3) is 5.98. The first-order valence-electron chi connectivity index (χ1n) is 6.77. The number of allylic oxidation sites excluding steroid dienone is 3. The summed E-state index contributed by atoms with van der Waals surface area (Å²) in [7, 11) is -0.691. The summed E-state index contributed by atoms with van der Waals surface area (Å²) in [6.45, 7) is 16.6. The van der Waals surface area contributed by atoms with Gasteiger partial charge in [-0.2, -0.15) is 5.70 Å². The van der Waals surface area contributed by atoms with Gasteiger partial charge in [-0.1, -0.05) is 71.5 Å². The molecule has 118 valence electrons. The quantitative estimate of drug-likeness (QED) is 0.436. The molecular weight excluding hydrogens is 472 g/mol. The van der Waals surface area contributed by atoms with Gasteiger partial charge in [0.2, 0.25) is 0 Å². The molecule has 2 unspecified atom stereocenters. The van der Waals surface area contributed by atoms with Crippen molar-refractivity contribution in [1.82, 2.24) is 0 Å². The smallest absolute Gasteiger partial charge is 0.0324 e. The first-order valence-corrected chi connectivity index (χ1v) is 9.74. The van der Waals surface area contributed by atoms with Crippen molar-refractivity contribution in [2.24, 2.45) is 5.41 Å². The van der Waals surface area contributed by atoms with E-state index in [1.54, 1.807) is 0 Å². The predicted molar refractivity (Wildman–Crippen MR) is 81.4 cm³/mol. The minimum atomic E-state index is -0.691. The summed E-state index contributed by atoms with van der Waals surface area (Å²) in [6, 6.07) is 0. The molecule has 1 rings (SSSR count). The maximum Gasteiger partial charge on any atom is 0.0324 e. The Labute approximate surface area is 158 Å². The maximum absolute atomic E-state index is 5.13. The van der Waals surface area contributed by atoms with Crippen LogP contribution < -0.4 is 24.8 Å². The Hall–Kier alpha value is 0.947. The fourth-order valence-electron chi connectivity index (χ4n) is 2.42. The fraction of sp³-hybridized carbons (Fsp3) is 0.733. The second-order valence-electron chi connectivity index (χ2n) is 6.83. The van der Waals surface area contributed by atoms with Gasteiger partial charge >= 0.3 is 0 Å². The van der Waals surface area contributed by atoms with Crippen LogP contribution in [-0.2, 0) is 25.8 Å². The van der Waals surface area contributed by atoms with Crippen LogP contribution in [0.2, 0.25) is 18.6 Å². The first-order chi connectivity index (χ1) is 7.68. The van der Waals surface area contributed by atoms with Gasteiger partial charge < -0.3 is 30.1 Å². The number of hydrogen-bond acceptors (Lipinski definition) is 0. The molecule has 0 saturated heterocycles. The molecule has 0 heterocycles. The number of nitrogens with zero attached hydrogens (tertiary/aromatic N) is 1. The molecule has 5 heteroatoms. The Bertz CT molecular complexity index is 337. The number of hydrogen-bond donors (Lipinski definition) is 0. The van der Waals surface area contributed by atoms with Crippen molar-refractivity contribution in [3.05, 3.63) is 29.2 Å². The van der Waals surface area contributed by atoms with Gasteiger partial charge in [-0.15, -0.1) is 5.54 Å². The third-order valence-electron chi connectivity index (χ3n) is 4.53. The molecule has 0 radical (unpaired) electrons. The van der Waals surface area contributed by atoms with Crippen molar-refractivity contribution in [1.29, 1.82) is 0 Å². The molecule has 0 aliphatic heterocycles. The summed E-state index contributed by atoms with van der Waals surface area (Å²) < 4.78 is 0. The summed E-state index contributed by atoms with van der Waals surface area (Å²) in [5.41, 5.74) is 2.24. The van der Waals surface area contributed by atoms with Gasteiger partial charge in [0, 0.05) is 34.6 Å². The zero-order valence-electron chi connectivity index (χ0n) is 13.8. The van der Waals surface area contributed by atoms with Gasteiger partial charge in [-0.05, 0) is 11.8 Å². The summed E-state index contributed by atoms with van der Waals surface area (Å²) in [4.78, 5) is 0. The zero-order chi connectivity index (χ0) is 13.3. The third-order valence-corrected chi connectivity index (χ3v) is 7.18. The van der Waals surface area contributed by atoms with E-state index in [0.29, 0.717) is 5.54 Å². The molecular formula is C15H28Cl2HfNSi-3. The van der Waals surface area contributed by atoms with Gasteiger partial charge in [0.15, 0.2) is 0 Å². The Morgan fingerprint density at radius 2 is 1.65 bits per heavy atom.